The number of sulfonamides is 1. The average molecular weight is 473 g/mol. The molecule has 0 aliphatic carbocycles. The highest BCUT2D eigenvalue weighted by Gasteiger charge is 2.32. The molecule has 9 heteroatoms. The quantitative estimate of drug-likeness (QED) is 0.607. The van der Waals surface area contributed by atoms with E-state index in [-0.39, 0.29) is 18.2 Å². The lowest BCUT2D eigenvalue weighted by molar-refractivity contribution is -0.120. The third-order valence-electron chi connectivity index (χ3n) is 4.84. The van der Waals surface area contributed by atoms with Crippen molar-refractivity contribution in [3.05, 3.63) is 58.1 Å². The third kappa shape index (κ3) is 5.89. The Bertz CT molecular complexity index is 999. The molecule has 0 radical (unpaired) electrons. The number of rotatable bonds is 6. The highest BCUT2D eigenvalue weighted by atomic mass is 35.5. The van der Waals surface area contributed by atoms with Crippen LogP contribution >= 0.6 is 35.0 Å². The summed E-state index contributed by atoms with van der Waals surface area (Å²) in [5, 5.41) is 3.69. The van der Waals surface area contributed by atoms with Crippen LogP contribution in [0.25, 0.3) is 0 Å². The number of anilines is 1. The zero-order chi connectivity index (χ0) is 21.0. The summed E-state index contributed by atoms with van der Waals surface area (Å²) in [5.41, 5.74) is 1.21. The second-order valence-corrected chi connectivity index (χ2v) is 10.6. The molecule has 0 unspecified atom stereocenters. The van der Waals surface area contributed by atoms with Crippen molar-refractivity contribution in [2.75, 3.05) is 24.7 Å². The van der Waals surface area contributed by atoms with Crippen molar-refractivity contribution >= 4 is 56.6 Å². The van der Waals surface area contributed by atoms with Crippen molar-refractivity contribution < 1.29 is 13.2 Å². The first-order chi connectivity index (χ1) is 13.8. The van der Waals surface area contributed by atoms with Gasteiger partial charge < -0.3 is 5.32 Å². The molecule has 3 rings (SSSR count). The van der Waals surface area contributed by atoms with E-state index in [2.05, 4.69) is 5.32 Å². The zero-order valence-electron chi connectivity index (χ0n) is 15.9. The van der Waals surface area contributed by atoms with Gasteiger partial charge in [-0.3, -0.25) is 4.79 Å². The first-order valence-corrected chi connectivity index (χ1v) is 12.7. The minimum Gasteiger partial charge on any atom is -0.326 e. The molecule has 0 spiro atoms. The van der Waals surface area contributed by atoms with Gasteiger partial charge in [-0.05, 0) is 55.0 Å². The fourth-order valence-electron chi connectivity index (χ4n) is 3.28. The number of hydrogen-bond acceptors (Lipinski definition) is 4. The Morgan fingerprint density at radius 3 is 2.76 bits per heavy atom. The average Bonchev–Trinajstić information content (AvgIpc) is 2.70. The summed E-state index contributed by atoms with van der Waals surface area (Å²) in [4.78, 5) is 13.8. The van der Waals surface area contributed by atoms with Crippen molar-refractivity contribution in [2.24, 2.45) is 5.92 Å². The van der Waals surface area contributed by atoms with Crippen LogP contribution in [0.15, 0.2) is 47.4 Å². The minimum atomic E-state index is -3.60. The molecular formula is C20H22Cl2N2O3S2. The van der Waals surface area contributed by atoms with Crippen LogP contribution < -0.4 is 5.32 Å². The summed E-state index contributed by atoms with van der Waals surface area (Å²) in [6.45, 7) is 0.570. The molecular weight excluding hydrogens is 451 g/mol. The Labute approximate surface area is 185 Å². The van der Waals surface area contributed by atoms with E-state index in [9.17, 15) is 13.2 Å². The molecule has 1 aliphatic heterocycles. The lowest BCUT2D eigenvalue weighted by atomic mass is 9.99. The molecule has 1 aliphatic rings. The minimum absolute atomic E-state index is 0.160. The Balaban J connectivity index is 1.68. The number of nitrogens with one attached hydrogen (secondary N) is 1. The van der Waals surface area contributed by atoms with Crippen molar-refractivity contribution in [2.45, 2.75) is 23.5 Å². The normalized spacial score (nSPS) is 17.8. The highest BCUT2D eigenvalue weighted by molar-refractivity contribution is 7.98. The van der Waals surface area contributed by atoms with Gasteiger partial charge >= 0.3 is 0 Å². The summed E-state index contributed by atoms with van der Waals surface area (Å²) in [5.74, 6) is -0.766. The van der Waals surface area contributed by atoms with Crippen LogP contribution in [0, 0.1) is 5.92 Å². The number of nitrogens with zero attached hydrogens (tertiary/aromatic N) is 1. The van der Waals surface area contributed by atoms with Gasteiger partial charge in [-0.1, -0.05) is 35.3 Å². The fourth-order valence-corrected chi connectivity index (χ4v) is 5.94. The zero-order valence-corrected chi connectivity index (χ0v) is 19.0. The molecule has 156 valence electrons. The predicted octanol–water partition coefficient (Wildman–Crippen LogP) is 4.90. The topological polar surface area (TPSA) is 66.5 Å². The molecule has 0 saturated carbocycles. The first kappa shape index (κ1) is 22.4. The standard InChI is InChI=1S/C20H22Cl2N2O3S2/c1-28-18-6-2-5-17(11-18)23-20(25)14-4-3-9-24(12-14)29(26,27)13-15-7-8-16(21)10-19(15)22/h2,5-8,10-11,14H,3-4,9,12-13H2,1H3,(H,23,25)/t14-/m1/s1. The monoisotopic (exact) mass is 472 g/mol. The van der Waals surface area contributed by atoms with E-state index in [1.807, 2.05) is 30.5 Å². The Morgan fingerprint density at radius 2 is 2.03 bits per heavy atom. The number of carbonyl (C=O) groups is 1. The van der Waals surface area contributed by atoms with E-state index in [4.69, 9.17) is 23.2 Å². The van der Waals surface area contributed by atoms with E-state index >= 15 is 0 Å². The molecule has 5 nitrogen and oxygen atoms in total. The van der Waals surface area contributed by atoms with Gasteiger partial charge in [0.15, 0.2) is 0 Å². The van der Waals surface area contributed by atoms with Gasteiger partial charge in [-0.2, -0.15) is 0 Å². The Hall–Kier alpha value is -1.25. The third-order valence-corrected chi connectivity index (χ3v) is 7.95. The molecule has 29 heavy (non-hydrogen) atoms. The maximum Gasteiger partial charge on any atom is 0.228 e. The van der Waals surface area contributed by atoms with Gasteiger partial charge in [0.05, 0.1) is 11.7 Å². The maximum atomic E-state index is 12.9. The molecule has 0 aromatic heterocycles. The molecule has 0 bridgehead atoms. The molecule has 1 atom stereocenters. The molecule has 1 amide bonds. The largest absolute Gasteiger partial charge is 0.326 e. The van der Waals surface area contributed by atoms with Crippen molar-refractivity contribution in [3.63, 3.8) is 0 Å². The van der Waals surface area contributed by atoms with Crippen LogP contribution in [0.3, 0.4) is 0 Å². The van der Waals surface area contributed by atoms with Gasteiger partial charge in [-0.15, -0.1) is 11.8 Å². The van der Waals surface area contributed by atoms with Crippen LogP contribution in [-0.2, 0) is 20.6 Å². The van der Waals surface area contributed by atoms with E-state index in [1.54, 1.807) is 23.9 Å². The summed E-state index contributed by atoms with van der Waals surface area (Å²) in [7, 11) is -3.60. The first-order valence-electron chi connectivity index (χ1n) is 9.15. The number of thioether (sulfide) groups is 1. The molecule has 1 fully saturated rings. The van der Waals surface area contributed by atoms with Gasteiger partial charge in [0.2, 0.25) is 15.9 Å². The highest BCUT2D eigenvalue weighted by Crippen LogP contribution is 2.27. The van der Waals surface area contributed by atoms with Gasteiger partial charge in [0.25, 0.3) is 0 Å². The van der Waals surface area contributed by atoms with Crippen LogP contribution in [0.5, 0.6) is 0 Å². The van der Waals surface area contributed by atoms with Crippen molar-refractivity contribution in [3.8, 4) is 0 Å². The number of halogens is 2. The Kier molecular flexibility index (Phi) is 7.51. The van der Waals surface area contributed by atoms with E-state index in [1.165, 1.54) is 10.4 Å². The van der Waals surface area contributed by atoms with Crippen molar-refractivity contribution in [1.29, 1.82) is 0 Å². The molecule has 1 N–H and O–H groups in total. The van der Waals surface area contributed by atoms with E-state index in [0.717, 1.165) is 10.6 Å². The lowest BCUT2D eigenvalue weighted by Crippen LogP contribution is -2.44. The molecule has 2 aromatic carbocycles. The van der Waals surface area contributed by atoms with Gasteiger partial charge in [0, 0.05) is 33.7 Å². The van der Waals surface area contributed by atoms with Crippen LogP contribution in [0.1, 0.15) is 18.4 Å². The molecule has 1 heterocycles. The van der Waals surface area contributed by atoms with Crippen molar-refractivity contribution in [1.82, 2.24) is 4.31 Å². The summed E-state index contributed by atoms with van der Waals surface area (Å²) >= 11 is 13.6. The number of benzene rings is 2. The smallest absolute Gasteiger partial charge is 0.228 e. The number of hydrogen-bond donors (Lipinski definition) is 1. The fraction of sp³-hybridized carbons (Fsp3) is 0.350. The summed E-state index contributed by atoms with van der Waals surface area (Å²) in [6, 6.07) is 12.4. The summed E-state index contributed by atoms with van der Waals surface area (Å²) in [6.07, 6.45) is 3.26. The van der Waals surface area contributed by atoms with Crippen LogP contribution in [0.4, 0.5) is 5.69 Å². The second-order valence-electron chi connectivity index (χ2n) is 6.91. The maximum absolute atomic E-state index is 12.9. The van der Waals surface area contributed by atoms with Crippen LogP contribution in [0.2, 0.25) is 10.0 Å². The number of amides is 1. The van der Waals surface area contributed by atoms with Crippen LogP contribution in [-0.4, -0.2) is 38.0 Å². The van der Waals surface area contributed by atoms with Gasteiger partial charge in [0.1, 0.15) is 0 Å². The molecule has 2 aromatic rings. The molecule has 1 saturated heterocycles. The summed E-state index contributed by atoms with van der Waals surface area (Å²) < 4.78 is 27.2. The lowest BCUT2D eigenvalue weighted by Gasteiger charge is -2.31. The second kappa shape index (κ2) is 9.71. The number of piperidine rings is 1. The Morgan fingerprint density at radius 1 is 1.24 bits per heavy atom. The van der Waals surface area contributed by atoms with Gasteiger partial charge in [-0.25, -0.2) is 12.7 Å². The SMILES string of the molecule is CSc1cccc(NC(=O)[C@@H]2CCCN(S(=O)(=O)Cc3ccc(Cl)cc3Cl)C2)c1. The predicted molar refractivity (Wildman–Crippen MR) is 120 cm³/mol. The van der Waals surface area contributed by atoms with E-state index in [0.29, 0.717) is 35.0 Å². The number of carbonyl (C=O) groups excluding carboxylic acids is 1. The van der Waals surface area contributed by atoms with E-state index < -0.39 is 15.9 Å².